The van der Waals surface area contributed by atoms with Crippen molar-refractivity contribution >= 4 is 32.9 Å². The van der Waals surface area contributed by atoms with Crippen LogP contribution in [-0.4, -0.2) is 59.8 Å². The molecule has 4 atom stereocenters. The van der Waals surface area contributed by atoms with Crippen LogP contribution in [0, 0.1) is 0 Å². The Balaban J connectivity index is 2.24. The van der Waals surface area contributed by atoms with Gasteiger partial charge in [0.15, 0.2) is 6.10 Å². The number of carbonyl (C=O) groups is 1. The summed E-state index contributed by atoms with van der Waals surface area (Å²) in [7, 11) is 0. The van der Waals surface area contributed by atoms with Gasteiger partial charge < -0.3 is 30.5 Å². The molecule has 0 saturated heterocycles. The van der Waals surface area contributed by atoms with E-state index in [1.807, 2.05) is 0 Å². The van der Waals surface area contributed by atoms with Crippen molar-refractivity contribution in [1.29, 1.82) is 0 Å². The van der Waals surface area contributed by atoms with Crippen molar-refractivity contribution in [3.63, 3.8) is 0 Å². The van der Waals surface area contributed by atoms with Gasteiger partial charge in [-0.3, -0.25) is 0 Å². The maximum atomic E-state index is 10.6. The number of nitrogens with one attached hydrogen (secondary N) is 1. The van der Waals surface area contributed by atoms with Crippen LogP contribution in [-0.2, 0) is 4.79 Å². The Morgan fingerprint density at radius 3 is 2.48 bits per heavy atom. The topological polar surface area (TPSA) is 147 Å². The summed E-state index contributed by atoms with van der Waals surface area (Å²) in [5, 5.41) is 47.0. The number of hydrogen-bond donors (Lipinski definition) is 6. The highest BCUT2D eigenvalue weighted by molar-refractivity contribution is 9.10. The van der Waals surface area contributed by atoms with Crippen LogP contribution in [0.5, 0.6) is 0 Å². The van der Waals surface area contributed by atoms with Crippen LogP contribution in [0.25, 0.3) is 11.0 Å². The summed E-state index contributed by atoms with van der Waals surface area (Å²) < 4.78 is 0.768. The Labute approximate surface area is 126 Å². The number of nitrogens with zero attached hydrogens (tertiary/aromatic N) is 1. The molecule has 0 amide bonds. The van der Waals surface area contributed by atoms with Gasteiger partial charge >= 0.3 is 5.97 Å². The van der Waals surface area contributed by atoms with Crippen molar-refractivity contribution < 1.29 is 30.3 Å². The first-order chi connectivity index (χ1) is 9.81. The molecule has 0 bridgehead atoms. The quantitative estimate of drug-likeness (QED) is 0.422. The standard InChI is InChI=1S/C12H13BrN2O6/c13-4-1-2-5-6(3-4)15-11(14-5)9(18)7(16)8(17)10(19)12(20)21/h1-3,7-10,16-19H,(H,14,15)(H,20,21)/t7?,8?,9-,10?/m0/s1. The number of aliphatic carboxylic acids is 1. The van der Waals surface area contributed by atoms with Gasteiger partial charge in [-0.1, -0.05) is 15.9 Å². The second kappa shape index (κ2) is 6.08. The van der Waals surface area contributed by atoms with Gasteiger partial charge in [-0.25, -0.2) is 9.78 Å². The molecule has 0 aliphatic heterocycles. The highest BCUT2D eigenvalue weighted by Crippen LogP contribution is 2.23. The number of aliphatic hydroxyl groups excluding tert-OH is 4. The van der Waals surface area contributed by atoms with E-state index in [2.05, 4.69) is 25.9 Å². The summed E-state index contributed by atoms with van der Waals surface area (Å²) in [6.45, 7) is 0. The predicted molar refractivity (Wildman–Crippen MR) is 74.4 cm³/mol. The molecule has 114 valence electrons. The van der Waals surface area contributed by atoms with Crippen LogP contribution in [0.15, 0.2) is 22.7 Å². The van der Waals surface area contributed by atoms with Gasteiger partial charge in [0.1, 0.15) is 24.1 Å². The second-order valence-electron chi connectivity index (χ2n) is 4.49. The third-order valence-electron chi connectivity index (χ3n) is 2.99. The maximum Gasteiger partial charge on any atom is 0.335 e. The molecule has 0 saturated carbocycles. The molecule has 8 nitrogen and oxygen atoms in total. The van der Waals surface area contributed by atoms with Gasteiger partial charge in [0.05, 0.1) is 11.0 Å². The number of aliphatic hydroxyl groups is 4. The molecule has 0 aliphatic rings. The minimum Gasteiger partial charge on any atom is -0.479 e. The normalized spacial score (nSPS) is 17.4. The van der Waals surface area contributed by atoms with Crippen LogP contribution in [0.3, 0.4) is 0 Å². The Bertz CT molecular complexity index is 660. The molecule has 0 aliphatic carbocycles. The molecule has 0 fully saturated rings. The lowest BCUT2D eigenvalue weighted by molar-refractivity contribution is -0.163. The largest absolute Gasteiger partial charge is 0.479 e. The Kier molecular flexibility index (Phi) is 4.59. The summed E-state index contributed by atoms with van der Waals surface area (Å²) >= 11 is 3.26. The molecule has 3 unspecified atom stereocenters. The number of rotatable bonds is 5. The zero-order valence-electron chi connectivity index (χ0n) is 10.5. The molecule has 1 aromatic carbocycles. The van der Waals surface area contributed by atoms with Crippen molar-refractivity contribution in [2.45, 2.75) is 24.4 Å². The van der Waals surface area contributed by atoms with Crippen LogP contribution >= 0.6 is 15.9 Å². The Morgan fingerprint density at radius 2 is 1.86 bits per heavy atom. The number of imidazole rings is 1. The average Bonchev–Trinajstić information content (AvgIpc) is 2.86. The van der Waals surface area contributed by atoms with Gasteiger partial charge in [-0.05, 0) is 18.2 Å². The van der Waals surface area contributed by atoms with E-state index in [0.29, 0.717) is 11.0 Å². The Hall–Kier alpha value is -1.52. The molecule has 0 spiro atoms. The number of carboxylic acids is 1. The lowest BCUT2D eigenvalue weighted by Gasteiger charge is -2.23. The highest BCUT2D eigenvalue weighted by atomic mass is 79.9. The van der Waals surface area contributed by atoms with Gasteiger partial charge in [0, 0.05) is 4.47 Å². The fourth-order valence-corrected chi connectivity index (χ4v) is 2.17. The van der Waals surface area contributed by atoms with E-state index >= 15 is 0 Å². The molecule has 0 radical (unpaired) electrons. The minimum atomic E-state index is -2.21. The average molecular weight is 361 g/mol. The Morgan fingerprint density at radius 1 is 1.19 bits per heavy atom. The number of fused-ring (bicyclic) bond motifs is 1. The van der Waals surface area contributed by atoms with E-state index < -0.39 is 30.4 Å². The van der Waals surface area contributed by atoms with Crippen molar-refractivity contribution in [3.05, 3.63) is 28.5 Å². The smallest absolute Gasteiger partial charge is 0.335 e. The number of halogens is 1. The van der Waals surface area contributed by atoms with Crippen molar-refractivity contribution in [1.82, 2.24) is 9.97 Å². The first kappa shape index (κ1) is 15.9. The lowest BCUT2D eigenvalue weighted by atomic mass is 10.0. The van der Waals surface area contributed by atoms with Gasteiger partial charge in [0.25, 0.3) is 0 Å². The monoisotopic (exact) mass is 360 g/mol. The fourth-order valence-electron chi connectivity index (χ4n) is 1.82. The van der Waals surface area contributed by atoms with Crippen LogP contribution in [0.2, 0.25) is 0 Å². The summed E-state index contributed by atoms with van der Waals surface area (Å²) in [6.07, 6.45) is -7.87. The van der Waals surface area contributed by atoms with Crippen molar-refractivity contribution in [3.8, 4) is 0 Å². The van der Waals surface area contributed by atoms with Gasteiger partial charge in [-0.2, -0.15) is 0 Å². The molecule has 2 rings (SSSR count). The molecule has 21 heavy (non-hydrogen) atoms. The van der Waals surface area contributed by atoms with E-state index in [-0.39, 0.29) is 5.82 Å². The number of aromatic nitrogens is 2. The summed E-state index contributed by atoms with van der Waals surface area (Å²) in [4.78, 5) is 17.3. The molecule has 6 N–H and O–H groups in total. The molecule has 2 aromatic rings. The first-order valence-electron chi connectivity index (χ1n) is 5.91. The minimum absolute atomic E-state index is 0.0489. The molecule has 9 heteroatoms. The summed E-state index contributed by atoms with van der Waals surface area (Å²) in [5.74, 6) is -1.76. The maximum absolute atomic E-state index is 10.6. The number of carboxylic acid groups (broad SMARTS) is 1. The molecule has 1 heterocycles. The highest BCUT2D eigenvalue weighted by Gasteiger charge is 2.36. The number of hydrogen-bond acceptors (Lipinski definition) is 6. The van der Waals surface area contributed by atoms with E-state index in [0.717, 1.165) is 4.47 Å². The van der Waals surface area contributed by atoms with Crippen molar-refractivity contribution in [2.75, 3.05) is 0 Å². The summed E-state index contributed by atoms with van der Waals surface area (Å²) in [6, 6.07) is 5.12. The predicted octanol–water partition coefficient (Wildman–Crippen LogP) is -0.474. The van der Waals surface area contributed by atoms with E-state index in [4.69, 9.17) is 5.11 Å². The van der Waals surface area contributed by atoms with Gasteiger partial charge in [0.2, 0.25) is 0 Å². The molecular formula is C12H13BrN2O6. The third kappa shape index (κ3) is 3.22. The van der Waals surface area contributed by atoms with Gasteiger partial charge in [-0.15, -0.1) is 0 Å². The first-order valence-corrected chi connectivity index (χ1v) is 6.71. The zero-order valence-corrected chi connectivity index (χ0v) is 12.1. The van der Waals surface area contributed by atoms with E-state index in [1.54, 1.807) is 18.2 Å². The summed E-state index contributed by atoms with van der Waals surface area (Å²) in [5.41, 5.74) is 1.10. The molecular weight excluding hydrogens is 348 g/mol. The zero-order chi connectivity index (χ0) is 15.7. The van der Waals surface area contributed by atoms with E-state index in [1.165, 1.54) is 0 Å². The third-order valence-corrected chi connectivity index (χ3v) is 3.49. The number of benzene rings is 1. The van der Waals surface area contributed by atoms with E-state index in [9.17, 15) is 25.2 Å². The second-order valence-corrected chi connectivity index (χ2v) is 5.41. The van der Waals surface area contributed by atoms with Crippen LogP contribution in [0.1, 0.15) is 11.9 Å². The lowest BCUT2D eigenvalue weighted by Crippen LogP contribution is -2.45. The van der Waals surface area contributed by atoms with Crippen molar-refractivity contribution in [2.24, 2.45) is 0 Å². The SMILES string of the molecule is O=C(O)C(O)C(O)C(O)[C@H](O)c1nc2cc(Br)ccc2[nH]1. The van der Waals surface area contributed by atoms with Crippen LogP contribution < -0.4 is 0 Å². The molecule has 1 aromatic heterocycles. The number of aromatic amines is 1. The fraction of sp³-hybridized carbons (Fsp3) is 0.333. The van der Waals surface area contributed by atoms with Crippen LogP contribution in [0.4, 0.5) is 0 Å². The number of H-pyrrole nitrogens is 1.